The number of urea groups is 1. The Morgan fingerprint density at radius 2 is 1.59 bits per heavy atom. The molecule has 0 bridgehead atoms. The van der Waals surface area contributed by atoms with Gasteiger partial charge in [-0.2, -0.15) is 0 Å². The van der Waals surface area contributed by atoms with Crippen molar-refractivity contribution in [1.82, 2.24) is 18.9 Å². The van der Waals surface area contributed by atoms with Gasteiger partial charge in [-0.1, -0.05) is 42.1 Å². The second-order valence-corrected chi connectivity index (χ2v) is 10.3. The highest BCUT2D eigenvalue weighted by Crippen LogP contribution is 2.42. The van der Waals surface area contributed by atoms with Crippen molar-refractivity contribution >= 4 is 29.8 Å². The first-order valence-electron chi connectivity index (χ1n) is 13.6. The maximum absolute atomic E-state index is 12.8. The van der Waals surface area contributed by atoms with Gasteiger partial charge in [0, 0.05) is 36.0 Å². The van der Waals surface area contributed by atoms with Gasteiger partial charge >= 0.3 is 11.7 Å². The van der Waals surface area contributed by atoms with Gasteiger partial charge < -0.3 is 5.11 Å². The summed E-state index contributed by atoms with van der Waals surface area (Å²) >= 11 is 1.65. The molecule has 2 aliphatic rings. The Bertz CT molecular complexity index is 1430. The summed E-state index contributed by atoms with van der Waals surface area (Å²) in [5.41, 5.74) is 2.83. The van der Waals surface area contributed by atoms with Crippen LogP contribution in [0.5, 0.6) is 5.88 Å². The molecule has 0 saturated carbocycles. The predicted molar refractivity (Wildman–Crippen MR) is 155 cm³/mol. The van der Waals surface area contributed by atoms with Crippen LogP contribution in [0, 0.1) is 0 Å². The van der Waals surface area contributed by atoms with Gasteiger partial charge in [0.1, 0.15) is 11.4 Å². The number of allylic oxidation sites excluding steroid dienone is 5. The van der Waals surface area contributed by atoms with Crippen LogP contribution in [0.3, 0.4) is 0 Å². The Balaban J connectivity index is 1.79. The number of imide groups is 1. The summed E-state index contributed by atoms with van der Waals surface area (Å²) in [6.07, 6.45) is 10.1. The third-order valence-corrected chi connectivity index (χ3v) is 8.26. The van der Waals surface area contributed by atoms with Crippen molar-refractivity contribution in [2.75, 3.05) is 13.1 Å². The molecule has 0 atom stereocenters. The molecule has 1 N–H and O–H groups in total. The average Bonchev–Trinajstić information content (AvgIpc) is 3.31. The number of aromatic nitrogens is 2. The number of aromatic hydroxyl groups is 1. The number of imidazole rings is 1. The number of hydrogen-bond acceptors (Lipinski definition) is 5. The molecule has 0 spiro atoms. The van der Waals surface area contributed by atoms with Crippen LogP contribution in [0.15, 0.2) is 80.0 Å². The van der Waals surface area contributed by atoms with Crippen LogP contribution in [-0.2, 0) is 17.9 Å². The second kappa shape index (κ2) is 12.4. The van der Waals surface area contributed by atoms with E-state index in [2.05, 4.69) is 12.1 Å². The van der Waals surface area contributed by atoms with E-state index >= 15 is 0 Å². The normalized spacial score (nSPS) is 18.6. The molecule has 1 fully saturated rings. The number of benzene rings is 1. The molecule has 4 rings (SSSR count). The van der Waals surface area contributed by atoms with Crippen LogP contribution in [0.4, 0.5) is 4.79 Å². The van der Waals surface area contributed by atoms with E-state index in [0.29, 0.717) is 37.6 Å². The summed E-state index contributed by atoms with van der Waals surface area (Å²) in [4.78, 5) is 43.1. The topological polar surface area (TPSA) is 87.8 Å². The third-order valence-electron chi connectivity index (χ3n) is 7.02. The highest BCUT2D eigenvalue weighted by molar-refractivity contribution is 8.03. The third kappa shape index (κ3) is 5.54. The van der Waals surface area contributed by atoms with Gasteiger partial charge in [0.25, 0.3) is 5.91 Å². The van der Waals surface area contributed by atoms with Gasteiger partial charge in [-0.15, -0.1) is 0 Å². The first-order valence-corrected chi connectivity index (χ1v) is 14.4. The van der Waals surface area contributed by atoms with E-state index in [1.807, 2.05) is 57.2 Å². The number of hydrogen-bond donors (Lipinski definition) is 1. The molecule has 1 aliphatic heterocycles. The van der Waals surface area contributed by atoms with E-state index in [1.54, 1.807) is 29.3 Å². The number of carbonyl (C=O) groups excluding carboxylic acids is 2. The average molecular weight is 549 g/mol. The van der Waals surface area contributed by atoms with Crippen molar-refractivity contribution in [3.8, 4) is 5.88 Å². The highest BCUT2D eigenvalue weighted by Gasteiger charge is 2.38. The maximum Gasteiger partial charge on any atom is 0.331 e. The van der Waals surface area contributed by atoms with Crippen LogP contribution >= 0.6 is 11.8 Å². The van der Waals surface area contributed by atoms with Crippen molar-refractivity contribution in [1.29, 1.82) is 0 Å². The Kier molecular flexibility index (Phi) is 9.01. The minimum atomic E-state index is -0.284. The predicted octanol–water partition coefficient (Wildman–Crippen LogP) is 5.75. The lowest BCUT2D eigenvalue weighted by atomic mass is 9.93. The van der Waals surface area contributed by atoms with E-state index in [4.69, 9.17) is 0 Å². The van der Waals surface area contributed by atoms with Crippen molar-refractivity contribution in [2.45, 2.75) is 64.9 Å². The summed E-state index contributed by atoms with van der Waals surface area (Å²) in [7, 11) is 0. The molecule has 0 radical (unpaired) electrons. The van der Waals surface area contributed by atoms with Crippen LogP contribution in [0.1, 0.15) is 52.7 Å². The minimum absolute atomic E-state index is 0.0159. The minimum Gasteiger partial charge on any atom is -0.493 e. The smallest absolute Gasteiger partial charge is 0.331 e. The molecule has 1 aromatic heterocycles. The van der Waals surface area contributed by atoms with Crippen molar-refractivity contribution in [3.63, 3.8) is 0 Å². The Morgan fingerprint density at radius 1 is 0.897 bits per heavy atom. The quantitative estimate of drug-likeness (QED) is 0.318. The molecule has 2 aromatic rings. The van der Waals surface area contributed by atoms with Gasteiger partial charge in [0.15, 0.2) is 0 Å². The second-order valence-electron chi connectivity index (χ2n) is 9.26. The van der Waals surface area contributed by atoms with Crippen molar-refractivity contribution in [2.24, 2.45) is 0 Å². The van der Waals surface area contributed by atoms with E-state index in [-0.39, 0.29) is 23.5 Å². The van der Waals surface area contributed by atoms with Gasteiger partial charge in [0.2, 0.25) is 5.88 Å². The van der Waals surface area contributed by atoms with E-state index in [1.165, 1.54) is 14.4 Å². The van der Waals surface area contributed by atoms with Gasteiger partial charge in [-0.25, -0.2) is 9.59 Å². The van der Waals surface area contributed by atoms with Gasteiger partial charge in [0.05, 0.1) is 0 Å². The fraction of sp³-hybridized carbons (Fsp3) is 0.367. The monoisotopic (exact) mass is 548 g/mol. The van der Waals surface area contributed by atoms with Crippen LogP contribution in [0.25, 0.3) is 6.08 Å². The first kappa shape index (κ1) is 28.3. The lowest BCUT2D eigenvalue weighted by Gasteiger charge is -2.22. The van der Waals surface area contributed by atoms with E-state index in [9.17, 15) is 19.5 Å². The lowest BCUT2D eigenvalue weighted by Crippen LogP contribution is -2.32. The molecule has 39 heavy (non-hydrogen) atoms. The molecule has 9 heteroatoms. The van der Waals surface area contributed by atoms with Crippen molar-refractivity contribution in [3.05, 3.63) is 86.5 Å². The summed E-state index contributed by atoms with van der Waals surface area (Å²) in [5.74, 6) is -0.294. The van der Waals surface area contributed by atoms with Crippen molar-refractivity contribution < 1.29 is 14.7 Å². The molecular weight excluding hydrogens is 512 g/mol. The molecule has 3 amide bonds. The fourth-order valence-electron chi connectivity index (χ4n) is 5.02. The first-order chi connectivity index (χ1) is 18.9. The zero-order valence-corrected chi connectivity index (χ0v) is 23.8. The van der Waals surface area contributed by atoms with Gasteiger partial charge in [-0.3, -0.25) is 23.7 Å². The number of rotatable bonds is 9. The Labute approximate surface area is 233 Å². The zero-order chi connectivity index (χ0) is 28.1. The highest BCUT2D eigenvalue weighted by atomic mass is 32.2. The standard InChI is InChI=1S/C30H36N4O4S/c1-5-31-24(27(35)33(7-3)29(31)37)19-13-15-21-14-12-16-22(26(21)39-23-17-10-9-11-18-23)20-25-28(36)34(8-4)30(38)32(25)6-2/h9-11,13,15,17-20,36H,5-8,12,14,16H2,1-4H3/b15-13+,22-20+,24-19-. The molecular formula is C30H36N4O4S. The van der Waals surface area contributed by atoms with Crippen LogP contribution in [-0.4, -0.2) is 49.1 Å². The summed E-state index contributed by atoms with van der Waals surface area (Å²) in [5, 5.41) is 10.9. The molecule has 1 saturated heterocycles. The Morgan fingerprint density at radius 3 is 2.23 bits per heavy atom. The fourth-order valence-corrected chi connectivity index (χ4v) is 6.15. The maximum atomic E-state index is 12.8. The Hall–Kier alpha value is -3.72. The summed E-state index contributed by atoms with van der Waals surface area (Å²) in [6.45, 7) is 8.99. The van der Waals surface area contributed by atoms with Crippen LogP contribution < -0.4 is 5.69 Å². The molecule has 8 nitrogen and oxygen atoms in total. The molecule has 1 aromatic carbocycles. The van der Waals surface area contributed by atoms with E-state index in [0.717, 1.165) is 40.2 Å². The van der Waals surface area contributed by atoms with Crippen LogP contribution in [0.2, 0.25) is 0 Å². The number of amides is 3. The van der Waals surface area contributed by atoms with E-state index < -0.39 is 0 Å². The molecule has 2 heterocycles. The largest absolute Gasteiger partial charge is 0.493 e. The number of nitrogens with zero attached hydrogens (tertiary/aromatic N) is 4. The number of carbonyl (C=O) groups is 2. The molecule has 0 unspecified atom stereocenters. The SMILES string of the molecule is CCN1C(=O)/C(=C/C=C/C2=C(Sc3ccccc3)C(=C/c3c(O)n(CC)c(=O)n3CC)/CCC2)N(CC)C1=O. The molecule has 1 aliphatic carbocycles. The summed E-state index contributed by atoms with van der Waals surface area (Å²) < 4.78 is 2.99. The summed E-state index contributed by atoms with van der Waals surface area (Å²) in [6, 6.07) is 9.81. The number of likely N-dealkylation sites (N-methyl/N-ethyl adjacent to an activating group) is 2. The lowest BCUT2D eigenvalue weighted by molar-refractivity contribution is -0.122. The number of thioether (sulfide) groups is 1. The zero-order valence-electron chi connectivity index (χ0n) is 23.0. The van der Waals surface area contributed by atoms with Gasteiger partial charge in [-0.05, 0) is 82.4 Å². The molecule has 206 valence electrons.